The summed E-state index contributed by atoms with van der Waals surface area (Å²) in [6.45, 7) is 11.2. The molecule has 28 heavy (non-hydrogen) atoms. The van der Waals surface area contributed by atoms with Crippen molar-refractivity contribution in [2.45, 2.75) is 52.0 Å². The second-order valence-corrected chi connectivity index (χ2v) is 8.33. The molecule has 1 saturated heterocycles. The van der Waals surface area contributed by atoms with E-state index < -0.39 is 0 Å². The van der Waals surface area contributed by atoms with Crippen LogP contribution in [0.1, 0.15) is 61.4 Å². The molecule has 1 fully saturated rings. The van der Waals surface area contributed by atoms with Crippen LogP contribution in [0.25, 0.3) is 0 Å². The highest BCUT2D eigenvalue weighted by atomic mass is 16.5. The van der Waals surface area contributed by atoms with Crippen molar-refractivity contribution in [2.75, 3.05) is 26.2 Å². The van der Waals surface area contributed by atoms with Crippen molar-refractivity contribution < 1.29 is 9.53 Å². The second-order valence-electron chi connectivity index (χ2n) is 8.33. The minimum absolute atomic E-state index is 0.121. The third kappa shape index (κ3) is 4.90. The Hall–Kier alpha value is -2.41. The van der Waals surface area contributed by atoms with Gasteiger partial charge >= 0.3 is 0 Å². The van der Waals surface area contributed by atoms with Crippen LogP contribution >= 0.6 is 0 Å². The third-order valence-electron chi connectivity index (χ3n) is 5.17. The topological polar surface area (TPSA) is 81.1 Å². The molecule has 0 radical (unpaired) electrons. The average molecular weight is 386 g/mol. The summed E-state index contributed by atoms with van der Waals surface area (Å²) < 4.78 is 7.62. The van der Waals surface area contributed by atoms with E-state index in [2.05, 4.69) is 53.8 Å². The Morgan fingerprint density at radius 2 is 1.93 bits per heavy atom. The first-order valence-corrected chi connectivity index (χ1v) is 10.0. The maximum absolute atomic E-state index is 12.4. The molecule has 3 rings (SSSR count). The molecule has 0 unspecified atom stereocenters. The van der Waals surface area contributed by atoms with Crippen LogP contribution in [-0.2, 0) is 5.41 Å². The van der Waals surface area contributed by atoms with Crippen molar-refractivity contribution in [3.63, 3.8) is 0 Å². The molecule has 2 heterocycles. The minimum Gasteiger partial charge on any atom is -0.492 e. The lowest BCUT2D eigenvalue weighted by Crippen LogP contribution is -2.31. The normalized spacial score (nSPS) is 15.4. The maximum Gasteiger partial charge on any atom is 0.273 e. The monoisotopic (exact) mass is 385 g/mol. The van der Waals surface area contributed by atoms with Crippen molar-refractivity contribution in [2.24, 2.45) is 0 Å². The summed E-state index contributed by atoms with van der Waals surface area (Å²) in [7, 11) is 0. The molecule has 0 atom stereocenters. The van der Waals surface area contributed by atoms with Crippen molar-refractivity contribution >= 4 is 5.91 Å². The first kappa shape index (κ1) is 20.3. The fourth-order valence-corrected chi connectivity index (χ4v) is 3.42. The lowest BCUT2D eigenvalue weighted by molar-refractivity contribution is 0.0941. The number of benzene rings is 1. The number of rotatable bonds is 6. The second kappa shape index (κ2) is 8.73. The van der Waals surface area contributed by atoms with Crippen LogP contribution in [0.4, 0.5) is 0 Å². The van der Waals surface area contributed by atoms with E-state index in [1.54, 1.807) is 0 Å². The van der Waals surface area contributed by atoms with Gasteiger partial charge in [-0.05, 0) is 56.0 Å². The highest BCUT2D eigenvalue weighted by molar-refractivity contribution is 5.93. The van der Waals surface area contributed by atoms with Crippen LogP contribution < -0.4 is 15.4 Å². The Bertz CT molecular complexity index is 786. The molecule has 0 bridgehead atoms. The Labute approximate surface area is 166 Å². The highest BCUT2D eigenvalue weighted by Gasteiger charge is 2.22. The summed E-state index contributed by atoms with van der Waals surface area (Å²) >= 11 is 0. The average Bonchev–Trinajstić information content (AvgIpc) is 3.07. The number of piperidine rings is 1. The summed E-state index contributed by atoms with van der Waals surface area (Å²) in [4.78, 5) is 12.4. The van der Waals surface area contributed by atoms with Crippen molar-refractivity contribution in [1.82, 2.24) is 25.6 Å². The zero-order chi connectivity index (χ0) is 20.1. The molecule has 1 amide bonds. The van der Waals surface area contributed by atoms with Gasteiger partial charge in [-0.15, -0.1) is 5.10 Å². The Morgan fingerprint density at radius 1 is 1.25 bits per heavy atom. The number of hydrogen-bond donors (Lipinski definition) is 2. The Balaban J connectivity index is 1.47. The Morgan fingerprint density at radius 3 is 2.57 bits per heavy atom. The molecule has 0 aliphatic carbocycles. The predicted molar refractivity (Wildman–Crippen MR) is 109 cm³/mol. The van der Waals surface area contributed by atoms with E-state index in [-0.39, 0.29) is 11.3 Å². The molecular weight excluding hydrogens is 354 g/mol. The van der Waals surface area contributed by atoms with E-state index in [9.17, 15) is 4.79 Å². The molecule has 152 valence electrons. The van der Waals surface area contributed by atoms with Crippen LogP contribution in [-0.4, -0.2) is 47.1 Å². The molecule has 7 heteroatoms. The van der Waals surface area contributed by atoms with Gasteiger partial charge in [0.1, 0.15) is 12.4 Å². The van der Waals surface area contributed by atoms with Crippen LogP contribution in [0.15, 0.2) is 24.3 Å². The van der Waals surface area contributed by atoms with Gasteiger partial charge in [0.15, 0.2) is 5.69 Å². The van der Waals surface area contributed by atoms with Gasteiger partial charge < -0.3 is 15.4 Å². The van der Waals surface area contributed by atoms with E-state index >= 15 is 0 Å². The zero-order valence-corrected chi connectivity index (χ0v) is 17.3. The number of nitrogens with one attached hydrogen (secondary N) is 2. The van der Waals surface area contributed by atoms with E-state index in [0.29, 0.717) is 24.9 Å². The van der Waals surface area contributed by atoms with Crippen LogP contribution in [0, 0.1) is 6.92 Å². The molecule has 1 aromatic carbocycles. The summed E-state index contributed by atoms with van der Waals surface area (Å²) in [5.41, 5.74) is 2.60. The highest BCUT2D eigenvalue weighted by Crippen LogP contribution is 2.24. The zero-order valence-electron chi connectivity index (χ0n) is 17.3. The third-order valence-corrected chi connectivity index (χ3v) is 5.17. The molecule has 1 aromatic heterocycles. The first-order chi connectivity index (χ1) is 13.4. The van der Waals surface area contributed by atoms with Crippen LogP contribution in [0.5, 0.6) is 5.75 Å². The van der Waals surface area contributed by atoms with Gasteiger partial charge in [-0.2, -0.15) is 0 Å². The summed E-state index contributed by atoms with van der Waals surface area (Å²) in [5, 5.41) is 14.5. The molecule has 0 spiro atoms. The predicted octanol–water partition coefficient (Wildman–Crippen LogP) is 2.62. The van der Waals surface area contributed by atoms with Gasteiger partial charge in [0.2, 0.25) is 0 Å². The number of nitrogens with zero attached hydrogens (tertiary/aromatic N) is 3. The first-order valence-electron chi connectivity index (χ1n) is 10.0. The van der Waals surface area contributed by atoms with Gasteiger partial charge in [0, 0.05) is 0 Å². The summed E-state index contributed by atoms with van der Waals surface area (Å²) in [6, 6.07) is 8.41. The number of hydrogen-bond acceptors (Lipinski definition) is 5. The Kier molecular flexibility index (Phi) is 6.34. The van der Waals surface area contributed by atoms with E-state index in [4.69, 9.17) is 4.74 Å². The smallest absolute Gasteiger partial charge is 0.273 e. The van der Waals surface area contributed by atoms with E-state index in [1.165, 1.54) is 5.56 Å². The lowest BCUT2D eigenvalue weighted by Gasteiger charge is -2.23. The fourth-order valence-electron chi connectivity index (χ4n) is 3.42. The van der Waals surface area contributed by atoms with Crippen LogP contribution in [0.3, 0.4) is 0 Å². The van der Waals surface area contributed by atoms with Crippen molar-refractivity contribution in [3.05, 3.63) is 41.2 Å². The SMILES string of the molecule is Cc1c(C(=O)NCCOc2ccc(C(C)(C)C)cc2)nnn1C1CCNCC1. The number of carbonyl (C=O) groups is 1. The molecule has 2 aromatic rings. The molecular formula is C21H31N5O2. The van der Waals surface area contributed by atoms with Crippen LogP contribution in [0.2, 0.25) is 0 Å². The minimum atomic E-state index is -0.204. The molecule has 0 saturated carbocycles. The standard InChI is InChI=1S/C21H31N5O2/c1-15-19(24-25-26(15)17-9-11-22-12-10-17)20(27)23-13-14-28-18-7-5-16(6-8-18)21(2,3)4/h5-8,17,22H,9-14H2,1-4H3,(H,23,27). The molecule has 1 aliphatic heterocycles. The fraction of sp³-hybridized carbons (Fsp3) is 0.571. The largest absolute Gasteiger partial charge is 0.492 e. The summed E-state index contributed by atoms with van der Waals surface area (Å²) in [5.74, 6) is 0.597. The van der Waals surface area contributed by atoms with Crippen molar-refractivity contribution in [3.8, 4) is 5.75 Å². The van der Waals surface area contributed by atoms with Gasteiger partial charge in [-0.25, -0.2) is 4.68 Å². The lowest BCUT2D eigenvalue weighted by atomic mass is 9.87. The number of aromatic nitrogens is 3. The number of carbonyl (C=O) groups excluding carboxylic acids is 1. The molecule has 1 aliphatic rings. The van der Waals surface area contributed by atoms with Gasteiger partial charge in [0.05, 0.1) is 18.3 Å². The quantitative estimate of drug-likeness (QED) is 0.747. The molecule has 7 nitrogen and oxygen atoms in total. The van der Waals surface area contributed by atoms with E-state index in [1.807, 2.05) is 23.7 Å². The van der Waals surface area contributed by atoms with Crippen molar-refractivity contribution in [1.29, 1.82) is 0 Å². The maximum atomic E-state index is 12.4. The van der Waals surface area contributed by atoms with Gasteiger partial charge in [-0.3, -0.25) is 4.79 Å². The summed E-state index contributed by atoms with van der Waals surface area (Å²) in [6.07, 6.45) is 2.01. The number of amides is 1. The van der Waals surface area contributed by atoms with E-state index in [0.717, 1.165) is 37.4 Å². The number of ether oxygens (including phenoxy) is 1. The van der Waals surface area contributed by atoms with Gasteiger partial charge in [0.25, 0.3) is 5.91 Å². The molecule has 2 N–H and O–H groups in total. The van der Waals surface area contributed by atoms with Gasteiger partial charge in [-0.1, -0.05) is 38.1 Å².